The van der Waals surface area contributed by atoms with Crippen LogP contribution in [0, 0.1) is 0 Å². The van der Waals surface area contributed by atoms with Gasteiger partial charge in [-0.05, 0) is 48.2 Å². The summed E-state index contributed by atoms with van der Waals surface area (Å²) in [5.74, 6) is 0.698. The Morgan fingerprint density at radius 3 is 2.21 bits per heavy atom. The zero-order valence-electron chi connectivity index (χ0n) is 16.6. The molecule has 0 aliphatic heterocycles. The Labute approximate surface area is 167 Å². The summed E-state index contributed by atoms with van der Waals surface area (Å²) in [6, 6.07) is 11.7. The van der Waals surface area contributed by atoms with E-state index >= 15 is 0 Å². The standard InChI is InChI=1S/C19H28N2O5S2/c1-14(2)28(24,25)21-13-15(3)16-5-6-18-12-19(8-7-17(18)11-16)26-10-9-20-27(4,22)23/h5-8,11-12,14-15,20-21H,9-10,13H2,1-4H3. The van der Waals surface area contributed by atoms with Gasteiger partial charge < -0.3 is 4.74 Å². The van der Waals surface area contributed by atoms with Crippen molar-refractivity contribution in [1.29, 1.82) is 0 Å². The Kier molecular flexibility index (Phi) is 7.44. The molecule has 28 heavy (non-hydrogen) atoms. The molecular weight excluding hydrogens is 400 g/mol. The third-order valence-electron chi connectivity index (χ3n) is 4.35. The van der Waals surface area contributed by atoms with Crippen molar-refractivity contribution in [2.24, 2.45) is 0 Å². The highest BCUT2D eigenvalue weighted by Gasteiger charge is 2.17. The van der Waals surface area contributed by atoms with Gasteiger partial charge in [-0.3, -0.25) is 0 Å². The molecule has 0 heterocycles. The Morgan fingerprint density at radius 1 is 0.929 bits per heavy atom. The second-order valence-corrected chi connectivity index (χ2v) is 11.3. The van der Waals surface area contributed by atoms with Crippen molar-refractivity contribution in [1.82, 2.24) is 9.44 Å². The van der Waals surface area contributed by atoms with Crippen LogP contribution in [0.15, 0.2) is 36.4 Å². The summed E-state index contributed by atoms with van der Waals surface area (Å²) in [7, 11) is -6.50. The molecule has 0 saturated carbocycles. The minimum absolute atomic E-state index is 0.0379. The van der Waals surface area contributed by atoms with Gasteiger partial charge in [0.15, 0.2) is 0 Å². The predicted molar refractivity (Wildman–Crippen MR) is 113 cm³/mol. The van der Waals surface area contributed by atoms with Gasteiger partial charge in [0.25, 0.3) is 0 Å². The van der Waals surface area contributed by atoms with E-state index in [9.17, 15) is 16.8 Å². The number of nitrogens with one attached hydrogen (secondary N) is 2. The fraction of sp³-hybridized carbons (Fsp3) is 0.474. The molecule has 2 aromatic carbocycles. The van der Waals surface area contributed by atoms with E-state index in [4.69, 9.17) is 4.74 Å². The molecule has 0 bridgehead atoms. The Morgan fingerprint density at radius 2 is 1.57 bits per heavy atom. The van der Waals surface area contributed by atoms with Crippen LogP contribution in [0.25, 0.3) is 10.8 Å². The van der Waals surface area contributed by atoms with Crippen LogP contribution in [-0.4, -0.2) is 48.0 Å². The molecule has 156 valence electrons. The van der Waals surface area contributed by atoms with Crippen LogP contribution in [0.5, 0.6) is 5.75 Å². The molecular formula is C19H28N2O5S2. The molecule has 1 atom stereocenters. The molecule has 0 aliphatic rings. The molecule has 2 N–H and O–H groups in total. The first-order chi connectivity index (χ1) is 13.0. The molecule has 0 aromatic heterocycles. The molecule has 0 radical (unpaired) electrons. The predicted octanol–water partition coefficient (Wildman–Crippen LogP) is 2.20. The Balaban J connectivity index is 2.02. The number of sulfonamides is 2. The molecule has 0 fully saturated rings. The summed E-state index contributed by atoms with van der Waals surface area (Å²) in [5.41, 5.74) is 1.05. The van der Waals surface area contributed by atoms with Gasteiger partial charge in [0, 0.05) is 13.1 Å². The number of benzene rings is 2. The van der Waals surface area contributed by atoms with E-state index in [2.05, 4.69) is 9.44 Å². The molecule has 7 nitrogen and oxygen atoms in total. The van der Waals surface area contributed by atoms with E-state index < -0.39 is 25.3 Å². The first kappa shape index (κ1) is 22.6. The third kappa shape index (κ3) is 6.73. The number of hydrogen-bond donors (Lipinski definition) is 2. The van der Waals surface area contributed by atoms with Crippen LogP contribution < -0.4 is 14.2 Å². The third-order valence-corrected chi connectivity index (χ3v) is 6.89. The maximum absolute atomic E-state index is 11.9. The second-order valence-electron chi connectivity index (χ2n) is 7.13. The van der Waals surface area contributed by atoms with E-state index in [1.165, 1.54) is 0 Å². The summed E-state index contributed by atoms with van der Waals surface area (Å²) in [6.45, 7) is 6.08. The van der Waals surface area contributed by atoms with Gasteiger partial charge in [-0.25, -0.2) is 26.3 Å². The number of ether oxygens (including phenoxy) is 1. The maximum Gasteiger partial charge on any atom is 0.213 e. The summed E-state index contributed by atoms with van der Waals surface area (Å²) in [4.78, 5) is 0. The lowest BCUT2D eigenvalue weighted by atomic mass is 9.98. The van der Waals surface area contributed by atoms with Crippen LogP contribution in [0.1, 0.15) is 32.3 Å². The SMILES string of the molecule is CC(CNS(=O)(=O)C(C)C)c1ccc2cc(OCCNS(C)(=O)=O)ccc2c1. The highest BCUT2D eigenvalue weighted by atomic mass is 32.2. The fourth-order valence-electron chi connectivity index (χ4n) is 2.56. The van der Waals surface area contributed by atoms with Crippen LogP contribution >= 0.6 is 0 Å². The van der Waals surface area contributed by atoms with Crippen LogP contribution in [-0.2, 0) is 20.0 Å². The summed E-state index contributed by atoms with van der Waals surface area (Å²) in [5, 5.41) is 1.56. The van der Waals surface area contributed by atoms with Gasteiger partial charge in [0.1, 0.15) is 12.4 Å². The molecule has 2 rings (SSSR count). The van der Waals surface area contributed by atoms with Crippen molar-refractivity contribution >= 4 is 30.8 Å². The smallest absolute Gasteiger partial charge is 0.213 e. The van der Waals surface area contributed by atoms with Gasteiger partial charge in [0.2, 0.25) is 20.0 Å². The zero-order chi connectivity index (χ0) is 20.9. The summed E-state index contributed by atoms with van der Waals surface area (Å²) in [6.07, 6.45) is 1.11. The minimum atomic E-state index is -3.28. The van der Waals surface area contributed by atoms with E-state index in [1.807, 2.05) is 43.3 Å². The van der Waals surface area contributed by atoms with Crippen molar-refractivity contribution in [2.45, 2.75) is 31.9 Å². The first-order valence-electron chi connectivity index (χ1n) is 9.07. The van der Waals surface area contributed by atoms with E-state index in [1.54, 1.807) is 13.8 Å². The van der Waals surface area contributed by atoms with Crippen LogP contribution in [0.4, 0.5) is 0 Å². The molecule has 0 saturated heterocycles. The van der Waals surface area contributed by atoms with Gasteiger partial charge in [-0.15, -0.1) is 0 Å². The second kappa shape index (κ2) is 9.21. The minimum Gasteiger partial charge on any atom is -0.492 e. The fourth-order valence-corrected chi connectivity index (χ4v) is 3.83. The molecule has 0 amide bonds. The lowest BCUT2D eigenvalue weighted by Crippen LogP contribution is -2.33. The Hall–Kier alpha value is -1.68. The van der Waals surface area contributed by atoms with Gasteiger partial charge in [-0.2, -0.15) is 0 Å². The zero-order valence-corrected chi connectivity index (χ0v) is 18.2. The van der Waals surface area contributed by atoms with Crippen molar-refractivity contribution in [3.05, 3.63) is 42.0 Å². The largest absolute Gasteiger partial charge is 0.492 e. The molecule has 9 heteroatoms. The highest BCUT2D eigenvalue weighted by Crippen LogP contribution is 2.25. The summed E-state index contributed by atoms with van der Waals surface area (Å²) < 4.78 is 56.5. The highest BCUT2D eigenvalue weighted by molar-refractivity contribution is 7.90. The van der Waals surface area contributed by atoms with Gasteiger partial charge >= 0.3 is 0 Å². The molecule has 2 aromatic rings. The Bertz CT molecular complexity index is 1020. The van der Waals surface area contributed by atoms with Crippen molar-refractivity contribution in [3.63, 3.8) is 0 Å². The van der Waals surface area contributed by atoms with Crippen molar-refractivity contribution in [2.75, 3.05) is 26.0 Å². The number of hydrogen-bond acceptors (Lipinski definition) is 5. The quantitative estimate of drug-likeness (QED) is 0.565. The topological polar surface area (TPSA) is 102 Å². The average molecular weight is 429 g/mol. The van der Waals surface area contributed by atoms with E-state index in [0.717, 1.165) is 22.6 Å². The number of rotatable bonds is 10. The normalized spacial score (nSPS) is 13.8. The van der Waals surface area contributed by atoms with E-state index in [-0.39, 0.29) is 19.1 Å². The van der Waals surface area contributed by atoms with Crippen molar-refractivity contribution < 1.29 is 21.6 Å². The first-order valence-corrected chi connectivity index (χ1v) is 12.5. The lowest BCUT2D eigenvalue weighted by Gasteiger charge is -2.16. The molecule has 0 aliphatic carbocycles. The van der Waals surface area contributed by atoms with Gasteiger partial charge in [-0.1, -0.05) is 31.2 Å². The number of fused-ring (bicyclic) bond motifs is 1. The maximum atomic E-state index is 11.9. The van der Waals surface area contributed by atoms with Crippen molar-refractivity contribution in [3.8, 4) is 5.75 Å². The van der Waals surface area contributed by atoms with Crippen LogP contribution in [0.3, 0.4) is 0 Å². The molecule has 1 unspecified atom stereocenters. The van der Waals surface area contributed by atoms with Crippen LogP contribution in [0.2, 0.25) is 0 Å². The molecule has 0 spiro atoms. The van der Waals surface area contributed by atoms with Gasteiger partial charge in [0.05, 0.1) is 11.5 Å². The van der Waals surface area contributed by atoms with E-state index in [0.29, 0.717) is 12.3 Å². The summed E-state index contributed by atoms with van der Waals surface area (Å²) >= 11 is 0. The monoisotopic (exact) mass is 428 g/mol. The average Bonchev–Trinajstić information content (AvgIpc) is 2.62. The lowest BCUT2D eigenvalue weighted by molar-refractivity contribution is 0.323.